The Morgan fingerprint density at radius 1 is 1.03 bits per heavy atom. The molecule has 1 aliphatic heterocycles. The molecule has 0 radical (unpaired) electrons. The summed E-state index contributed by atoms with van der Waals surface area (Å²) in [7, 11) is 0. The number of hydrogen-bond acceptors (Lipinski definition) is 5. The molecule has 3 aromatic rings. The summed E-state index contributed by atoms with van der Waals surface area (Å²) >= 11 is 1.56. The highest BCUT2D eigenvalue weighted by Gasteiger charge is 2.25. The highest BCUT2D eigenvalue weighted by Crippen LogP contribution is 2.23. The number of nitrogens with zero attached hydrogens (tertiary/aromatic N) is 3. The van der Waals surface area contributed by atoms with Gasteiger partial charge in [0, 0.05) is 32.3 Å². The van der Waals surface area contributed by atoms with Gasteiger partial charge in [-0.05, 0) is 37.3 Å². The molecule has 6 nitrogen and oxygen atoms in total. The van der Waals surface area contributed by atoms with E-state index in [2.05, 4.69) is 4.98 Å². The lowest BCUT2D eigenvalue weighted by atomic mass is 10.1. The van der Waals surface area contributed by atoms with Crippen LogP contribution < -0.4 is 4.74 Å². The smallest absolute Gasteiger partial charge is 0.257 e. The number of benzene rings is 2. The molecule has 7 heteroatoms. The van der Waals surface area contributed by atoms with Gasteiger partial charge in [-0.2, -0.15) is 0 Å². The molecule has 0 aliphatic carbocycles. The molecule has 0 N–H and O–H groups in total. The highest BCUT2D eigenvalue weighted by atomic mass is 32.1. The van der Waals surface area contributed by atoms with Crippen molar-refractivity contribution in [2.75, 3.05) is 32.8 Å². The fourth-order valence-electron chi connectivity index (χ4n) is 3.43. The van der Waals surface area contributed by atoms with Crippen LogP contribution in [0.4, 0.5) is 0 Å². The van der Waals surface area contributed by atoms with Crippen molar-refractivity contribution in [1.82, 2.24) is 14.8 Å². The summed E-state index contributed by atoms with van der Waals surface area (Å²) in [5.41, 5.74) is 1.50. The summed E-state index contributed by atoms with van der Waals surface area (Å²) in [5, 5.41) is 0.811. The first kappa shape index (κ1) is 20.1. The summed E-state index contributed by atoms with van der Waals surface area (Å²) in [6.07, 6.45) is 3.34. The Labute approximate surface area is 179 Å². The Morgan fingerprint density at radius 3 is 2.50 bits per heavy atom. The average molecular weight is 422 g/mol. The van der Waals surface area contributed by atoms with Gasteiger partial charge in [-0.3, -0.25) is 9.59 Å². The van der Waals surface area contributed by atoms with E-state index in [-0.39, 0.29) is 11.8 Å². The zero-order valence-corrected chi connectivity index (χ0v) is 17.6. The maximum absolute atomic E-state index is 12.9. The van der Waals surface area contributed by atoms with Gasteiger partial charge in [-0.1, -0.05) is 24.3 Å². The molecule has 0 bridgehead atoms. The maximum Gasteiger partial charge on any atom is 0.257 e. The van der Waals surface area contributed by atoms with E-state index in [0.29, 0.717) is 44.1 Å². The standard InChI is InChI=1S/C23H23N3O3S/c1-2-29-19-9-5-3-7-17(19)23(28)26-15-13-25(14-16-26)22(27)12-11-21-24-18-8-4-6-10-20(18)30-21/h3-12H,2,13-16H2,1H3/b12-11+. The Kier molecular flexibility index (Phi) is 6.09. The number of piperazine rings is 1. The first-order chi connectivity index (χ1) is 14.7. The number of para-hydroxylation sites is 2. The Balaban J connectivity index is 1.36. The van der Waals surface area contributed by atoms with Crippen molar-refractivity contribution in [3.63, 3.8) is 0 Å². The number of amides is 2. The molecule has 1 aliphatic rings. The molecule has 2 amide bonds. The third-order valence-corrected chi connectivity index (χ3v) is 5.98. The van der Waals surface area contributed by atoms with E-state index in [9.17, 15) is 9.59 Å². The van der Waals surface area contributed by atoms with E-state index in [1.54, 1.807) is 39.4 Å². The maximum atomic E-state index is 12.9. The quantitative estimate of drug-likeness (QED) is 0.590. The summed E-state index contributed by atoms with van der Waals surface area (Å²) in [4.78, 5) is 33.5. The molecule has 2 heterocycles. The second-order valence-electron chi connectivity index (χ2n) is 6.90. The minimum absolute atomic E-state index is 0.0591. The van der Waals surface area contributed by atoms with Crippen LogP contribution in [0.25, 0.3) is 16.3 Å². The zero-order valence-electron chi connectivity index (χ0n) is 16.8. The van der Waals surface area contributed by atoms with Crippen LogP contribution in [0.2, 0.25) is 0 Å². The van der Waals surface area contributed by atoms with Gasteiger partial charge in [0.25, 0.3) is 5.91 Å². The molecule has 154 valence electrons. The number of ether oxygens (including phenoxy) is 1. The van der Waals surface area contributed by atoms with Crippen molar-refractivity contribution < 1.29 is 14.3 Å². The molecule has 4 rings (SSSR count). The minimum atomic E-state index is -0.0592. The van der Waals surface area contributed by atoms with Crippen LogP contribution in [0.5, 0.6) is 5.75 Å². The van der Waals surface area contributed by atoms with Crippen LogP contribution in [0.1, 0.15) is 22.3 Å². The Bertz CT molecular complexity index is 1050. The summed E-state index contributed by atoms with van der Waals surface area (Å²) in [5.74, 6) is 0.481. The van der Waals surface area contributed by atoms with Crippen LogP contribution in [0.3, 0.4) is 0 Å². The van der Waals surface area contributed by atoms with Gasteiger partial charge in [-0.15, -0.1) is 11.3 Å². The second kappa shape index (κ2) is 9.09. The second-order valence-corrected chi connectivity index (χ2v) is 7.96. The first-order valence-electron chi connectivity index (χ1n) is 9.99. The largest absolute Gasteiger partial charge is 0.493 e. The van der Waals surface area contributed by atoms with E-state index in [4.69, 9.17) is 4.74 Å². The topological polar surface area (TPSA) is 62.7 Å². The molecule has 0 unspecified atom stereocenters. The number of fused-ring (bicyclic) bond motifs is 1. The van der Waals surface area contributed by atoms with Crippen molar-refractivity contribution in [2.45, 2.75) is 6.92 Å². The van der Waals surface area contributed by atoms with Crippen molar-refractivity contribution in [3.8, 4) is 5.75 Å². The molecular formula is C23H23N3O3S. The van der Waals surface area contributed by atoms with Gasteiger partial charge in [-0.25, -0.2) is 4.98 Å². The lowest BCUT2D eigenvalue weighted by Gasteiger charge is -2.34. The molecule has 0 atom stereocenters. The molecule has 1 saturated heterocycles. The Hall–Kier alpha value is -3.19. The minimum Gasteiger partial charge on any atom is -0.493 e. The predicted molar refractivity (Wildman–Crippen MR) is 119 cm³/mol. The zero-order chi connectivity index (χ0) is 20.9. The van der Waals surface area contributed by atoms with E-state index < -0.39 is 0 Å². The number of carbonyl (C=O) groups excluding carboxylic acids is 2. The monoisotopic (exact) mass is 421 g/mol. The van der Waals surface area contributed by atoms with Crippen LogP contribution >= 0.6 is 11.3 Å². The van der Waals surface area contributed by atoms with Crippen LogP contribution in [-0.4, -0.2) is 59.4 Å². The van der Waals surface area contributed by atoms with Gasteiger partial charge < -0.3 is 14.5 Å². The molecule has 0 saturated carbocycles. The van der Waals surface area contributed by atoms with Crippen molar-refractivity contribution in [3.05, 3.63) is 65.2 Å². The van der Waals surface area contributed by atoms with Gasteiger partial charge in [0.15, 0.2) is 0 Å². The van der Waals surface area contributed by atoms with Gasteiger partial charge >= 0.3 is 0 Å². The number of rotatable bonds is 5. The third kappa shape index (κ3) is 4.36. The number of hydrogen-bond donors (Lipinski definition) is 0. The van der Waals surface area contributed by atoms with Crippen molar-refractivity contribution >= 4 is 39.4 Å². The van der Waals surface area contributed by atoms with Crippen molar-refractivity contribution in [2.24, 2.45) is 0 Å². The molecule has 2 aromatic carbocycles. The lowest BCUT2D eigenvalue weighted by Crippen LogP contribution is -2.50. The van der Waals surface area contributed by atoms with Crippen LogP contribution in [0.15, 0.2) is 54.6 Å². The molecular weight excluding hydrogens is 398 g/mol. The van der Waals surface area contributed by atoms with Crippen LogP contribution in [0, 0.1) is 0 Å². The van der Waals surface area contributed by atoms with Gasteiger partial charge in [0.2, 0.25) is 5.91 Å². The average Bonchev–Trinajstić information content (AvgIpc) is 3.21. The van der Waals surface area contributed by atoms with Crippen molar-refractivity contribution in [1.29, 1.82) is 0 Å². The number of aromatic nitrogens is 1. The van der Waals surface area contributed by atoms with E-state index in [1.165, 1.54) is 0 Å². The normalized spacial score (nSPS) is 14.4. The van der Waals surface area contributed by atoms with Gasteiger partial charge in [0.1, 0.15) is 10.8 Å². The molecule has 0 spiro atoms. The summed E-state index contributed by atoms with van der Waals surface area (Å²) in [6.45, 7) is 4.41. The Morgan fingerprint density at radius 2 is 1.73 bits per heavy atom. The molecule has 1 aromatic heterocycles. The SMILES string of the molecule is CCOc1ccccc1C(=O)N1CCN(C(=O)/C=C/c2nc3ccccc3s2)CC1. The third-order valence-electron chi connectivity index (χ3n) is 4.97. The van der Waals surface area contributed by atoms with Gasteiger partial charge in [0.05, 0.1) is 22.4 Å². The van der Waals surface area contributed by atoms with Crippen LogP contribution in [-0.2, 0) is 4.79 Å². The number of carbonyl (C=O) groups is 2. The highest BCUT2D eigenvalue weighted by molar-refractivity contribution is 7.19. The number of thiazole rings is 1. The first-order valence-corrected chi connectivity index (χ1v) is 10.8. The summed E-state index contributed by atoms with van der Waals surface area (Å²) in [6, 6.07) is 15.2. The molecule has 1 fully saturated rings. The fourth-order valence-corrected chi connectivity index (χ4v) is 4.30. The lowest BCUT2D eigenvalue weighted by molar-refractivity contribution is -0.127. The predicted octanol–water partition coefficient (Wildman–Crippen LogP) is 3.69. The summed E-state index contributed by atoms with van der Waals surface area (Å²) < 4.78 is 6.68. The molecule has 30 heavy (non-hydrogen) atoms. The van der Waals surface area contributed by atoms with E-state index in [1.807, 2.05) is 49.4 Å². The van der Waals surface area contributed by atoms with E-state index in [0.717, 1.165) is 15.2 Å². The van der Waals surface area contributed by atoms with E-state index >= 15 is 0 Å². The fraction of sp³-hybridized carbons (Fsp3) is 0.261.